The third-order valence-electron chi connectivity index (χ3n) is 3.80. The summed E-state index contributed by atoms with van der Waals surface area (Å²) in [4.78, 5) is 2.10. The van der Waals surface area contributed by atoms with Crippen molar-refractivity contribution in [2.24, 2.45) is 0 Å². The average Bonchev–Trinajstić information content (AvgIpc) is 3.28. The number of nitriles is 1. The summed E-state index contributed by atoms with van der Waals surface area (Å²) in [5.74, 6) is 0. The lowest BCUT2D eigenvalue weighted by atomic mass is 10.1. The van der Waals surface area contributed by atoms with Crippen molar-refractivity contribution < 1.29 is 4.74 Å². The van der Waals surface area contributed by atoms with Gasteiger partial charge in [0, 0.05) is 32.8 Å². The van der Waals surface area contributed by atoms with Gasteiger partial charge >= 0.3 is 0 Å². The molecular weight excluding hydrogens is 250 g/mol. The lowest BCUT2D eigenvalue weighted by molar-refractivity contribution is 0.183. The van der Waals surface area contributed by atoms with E-state index in [0.717, 1.165) is 17.8 Å². The zero-order chi connectivity index (χ0) is 14.5. The molecule has 0 bridgehead atoms. The number of ether oxygens (including phenoxy) is 1. The van der Waals surface area contributed by atoms with Crippen LogP contribution in [-0.2, 0) is 11.3 Å². The molecule has 1 saturated carbocycles. The molecule has 4 heteroatoms. The number of benzene rings is 1. The van der Waals surface area contributed by atoms with Crippen molar-refractivity contribution in [3.63, 3.8) is 0 Å². The van der Waals surface area contributed by atoms with Crippen LogP contribution in [0.2, 0.25) is 0 Å². The van der Waals surface area contributed by atoms with E-state index in [-0.39, 0.29) is 6.04 Å². The highest BCUT2D eigenvalue weighted by molar-refractivity contribution is 5.60. The molecule has 0 aliphatic heterocycles. The average molecular weight is 273 g/mol. The Labute approximate surface area is 121 Å². The molecule has 1 atom stereocenters. The highest BCUT2D eigenvalue weighted by Crippen LogP contribution is 2.23. The van der Waals surface area contributed by atoms with Crippen molar-refractivity contribution >= 4 is 5.69 Å². The van der Waals surface area contributed by atoms with Crippen LogP contribution in [0.3, 0.4) is 0 Å². The zero-order valence-electron chi connectivity index (χ0n) is 12.5. The van der Waals surface area contributed by atoms with E-state index < -0.39 is 0 Å². The van der Waals surface area contributed by atoms with E-state index in [1.165, 1.54) is 18.4 Å². The van der Waals surface area contributed by atoms with Crippen LogP contribution in [0.1, 0.15) is 30.9 Å². The molecule has 0 spiro atoms. The van der Waals surface area contributed by atoms with Gasteiger partial charge in [-0.15, -0.1) is 0 Å². The number of nitrogens with one attached hydrogen (secondary N) is 1. The molecule has 1 aromatic carbocycles. The SMILES string of the molecule is COCC(C)N(C)c1ccc(CNC2CC2)cc1C#N. The molecule has 0 heterocycles. The Balaban J connectivity index is 2.10. The van der Waals surface area contributed by atoms with E-state index in [4.69, 9.17) is 4.74 Å². The van der Waals surface area contributed by atoms with Crippen molar-refractivity contribution in [3.8, 4) is 6.07 Å². The topological polar surface area (TPSA) is 48.3 Å². The van der Waals surface area contributed by atoms with Crippen LogP contribution in [0.4, 0.5) is 5.69 Å². The number of anilines is 1. The van der Waals surface area contributed by atoms with Gasteiger partial charge in [0.15, 0.2) is 0 Å². The standard InChI is InChI=1S/C16H23N3O/c1-12(11-20-3)19(2)16-7-4-13(8-14(16)9-17)10-18-15-5-6-15/h4,7-8,12,15,18H,5-6,10-11H2,1-3H3. The second kappa shape index (κ2) is 6.74. The van der Waals surface area contributed by atoms with Crippen molar-refractivity contribution in [1.82, 2.24) is 5.32 Å². The lowest BCUT2D eigenvalue weighted by Gasteiger charge is -2.27. The first-order chi connectivity index (χ1) is 9.65. The molecule has 1 N–H and O–H groups in total. The largest absolute Gasteiger partial charge is 0.383 e. The zero-order valence-corrected chi connectivity index (χ0v) is 12.5. The van der Waals surface area contributed by atoms with Crippen molar-refractivity contribution in [2.45, 2.75) is 38.4 Å². The lowest BCUT2D eigenvalue weighted by Crippen LogP contribution is -2.33. The Bertz CT molecular complexity index is 491. The van der Waals surface area contributed by atoms with Crippen LogP contribution in [0.25, 0.3) is 0 Å². The summed E-state index contributed by atoms with van der Waals surface area (Å²) >= 11 is 0. The molecule has 0 aromatic heterocycles. The van der Waals surface area contributed by atoms with Gasteiger partial charge in [0.25, 0.3) is 0 Å². The Morgan fingerprint density at radius 3 is 2.85 bits per heavy atom. The van der Waals surface area contributed by atoms with Gasteiger partial charge < -0.3 is 15.0 Å². The van der Waals surface area contributed by atoms with Gasteiger partial charge in [-0.2, -0.15) is 5.26 Å². The van der Waals surface area contributed by atoms with Crippen molar-refractivity contribution in [1.29, 1.82) is 5.26 Å². The van der Waals surface area contributed by atoms with Crippen molar-refractivity contribution in [3.05, 3.63) is 29.3 Å². The molecule has 108 valence electrons. The minimum Gasteiger partial charge on any atom is -0.383 e. The Morgan fingerprint density at radius 1 is 1.50 bits per heavy atom. The predicted octanol–water partition coefficient (Wildman–Crippen LogP) is 2.28. The molecule has 0 amide bonds. The quantitative estimate of drug-likeness (QED) is 0.828. The molecule has 20 heavy (non-hydrogen) atoms. The smallest absolute Gasteiger partial charge is 0.101 e. The second-order valence-corrected chi connectivity index (χ2v) is 5.53. The minimum atomic E-state index is 0.238. The minimum absolute atomic E-state index is 0.238. The number of likely N-dealkylation sites (N-methyl/N-ethyl adjacent to an activating group) is 1. The van der Waals surface area contributed by atoms with E-state index in [1.54, 1.807) is 7.11 Å². The summed E-state index contributed by atoms with van der Waals surface area (Å²) in [7, 11) is 3.70. The molecule has 0 radical (unpaired) electrons. The number of nitrogens with zero attached hydrogens (tertiary/aromatic N) is 2. The Morgan fingerprint density at radius 2 is 2.25 bits per heavy atom. The summed E-state index contributed by atoms with van der Waals surface area (Å²) in [5, 5.41) is 12.8. The highest BCUT2D eigenvalue weighted by atomic mass is 16.5. The molecule has 1 unspecified atom stereocenters. The first kappa shape index (κ1) is 14.8. The van der Waals surface area contributed by atoms with Crippen molar-refractivity contribution in [2.75, 3.05) is 25.7 Å². The maximum absolute atomic E-state index is 9.36. The molecule has 4 nitrogen and oxygen atoms in total. The summed E-state index contributed by atoms with van der Waals surface area (Å²) in [6, 6.07) is 9.35. The third kappa shape index (κ3) is 3.72. The summed E-state index contributed by atoms with van der Waals surface area (Å²) in [6.07, 6.45) is 2.56. The Kier molecular flexibility index (Phi) is 4.99. The maximum Gasteiger partial charge on any atom is 0.101 e. The van der Waals surface area contributed by atoms with Gasteiger partial charge in [-0.05, 0) is 37.5 Å². The fraction of sp³-hybridized carbons (Fsp3) is 0.562. The molecule has 2 rings (SSSR count). The van der Waals surface area contributed by atoms with E-state index in [1.807, 2.05) is 19.2 Å². The van der Waals surface area contributed by atoms with E-state index in [9.17, 15) is 5.26 Å². The van der Waals surface area contributed by atoms with Crippen LogP contribution in [0.5, 0.6) is 0 Å². The number of hydrogen-bond acceptors (Lipinski definition) is 4. The maximum atomic E-state index is 9.36. The van der Waals surface area contributed by atoms with Crippen LogP contribution >= 0.6 is 0 Å². The van der Waals surface area contributed by atoms with Gasteiger partial charge in [-0.3, -0.25) is 0 Å². The summed E-state index contributed by atoms with van der Waals surface area (Å²) in [6.45, 7) is 3.58. The highest BCUT2D eigenvalue weighted by Gasteiger charge is 2.20. The number of hydrogen-bond donors (Lipinski definition) is 1. The fourth-order valence-corrected chi connectivity index (χ4v) is 2.23. The van der Waals surface area contributed by atoms with E-state index >= 15 is 0 Å². The second-order valence-electron chi connectivity index (χ2n) is 5.53. The number of rotatable bonds is 7. The summed E-state index contributed by atoms with van der Waals surface area (Å²) in [5.41, 5.74) is 2.86. The fourth-order valence-electron chi connectivity index (χ4n) is 2.23. The monoisotopic (exact) mass is 273 g/mol. The summed E-state index contributed by atoms with van der Waals surface area (Å²) < 4.78 is 5.18. The first-order valence-corrected chi connectivity index (χ1v) is 7.14. The third-order valence-corrected chi connectivity index (χ3v) is 3.80. The first-order valence-electron chi connectivity index (χ1n) is 7.14. The van der Waals surface area contributed by atoms with Crippen LogP contribution in [0.15, 0.2) is 18.2 Å². The molecular formula is C16H23N3O. The number of methoxy groups -OCH3 is 1. The van der Waals surface area contributed by atoms with Gasteiger partial charge in [-0.25, -0.2) is 0 Å². The van der Waals surface area contributed by atoms with E-state index in [0.29, 0.717) is 12.6 Å². The van der Waals surface area contributed by atoms with Gasteiger partial charge in [0.1, 0.15) is 6.07 Å². The molecule has 0 saturated heterocycles. The molecule has 1 aliphatic rings. The van der Waals surface area contributed by atoms with Crippen LogP contribution in [0, 0.1) is 11.3 Å². The van der Waals surface area contributed by atoms with Crippen LogP contribution in [-0.4, -0.2) is 32.8 Å². The van der Waals surface area contributed by atoms with Gasteiger partial charge in [0.05, 0.1) is 17.9 Å². The van der Waals surface area contributed by atoms with Gasteiger partial charge in [0.2, 0.25) is 0 Å². The Hall–Kier alpha value is -1.57. The molecule has 1 aliphatic carbocycles. The van der Waals surface area contributed by atoms with E-state index in [2.05, 4.69) is 29.3 Å². The normalized spacial score (nSPS) is 15.7. The van der Waals surface area contributed by atoms with Crippen LogP contribution < -0.4 is 10.2 Å². The van der Waals surface area contributed by atoms with Gasteiger partial charge in [-0.1, -0.05) is 6.07 Å². The predicted molar refractivity (Wildman–Crippen MR) is 80.8 cm³/mol. The molecule has 1 fully saturated rings. The molecule has 1 aromatic rings.